The van der Waals surface area contributed by atoms with Crippen molar-refractivity contribution in [1.82, 2.24) is 9.97 Å². The zero-order valence-corrected chi connectivity index (χ0v) is 13.0. The molecule has 2 aromatic rings. The highest BCUT2D eigenvalue weighted by Crippen LogP contribution is 2.26. The highest BCUT2D eigenvalue weighted by atomic mass is 16.5. The molecule has 4 nitrogen and oxygen atoms in total. The molecule has 21 heavy (non-hydrogen) atoms. The van der Waals surface area contributed by atoms with E-state index in [9.17, 15) is 0 Å². The second kappa shape index (κ2) is 7.62. The van der Waals surface area contributed by atoms with Crippen LogP contribution in [0, 0.1) is 6.92 Å². The van der Waals surface area contributed by atoms with E-state index in [0.29, 0.717) is 0 Å². The van der Waals surface area contributed by atoms with E-state index in [1.165, 1.54) is 0 Å². The van der Waals surface area contributed by atoms with E-state index >= 15 is 0 Å². The minimum Gasteiger partial charge on any atom is -0.494 e. The van der Waals surface area contributed by atoms with Crippen LogP contribution in [0.1, 0.15) is 32.3 Å². The molecule has 0 unspecified atom stereocenters. The molecule has 112 valence electrons. The lowest BCUT2D eigenvalue weighted by atomic mass is 10.1. The first-order chi connectivity index (χ1) is 10.3. The molecule has 1 heterocycles. The molecule has 0 aliphatic carbocycles. The van der Waals surface area contributed by atoms with E-state index in [1.54, 1.807) is 6.33 Å². The van der Waals surface area contributed by atoms with Crippen LogP contribution in [0.15, 0.2) is 30.6 Å². The van der Waals surface area contributed by atoms with Crippen molar-refractivity contribution >= 4 is 5.82 Å². The van der Waals surface area contributed by atoms with Crippen molar-refractivity contribution in [3.63, 3.8) is 0 Å². The van der Waals surface area contributed by atoms with Crippen molar-refractivity contribution in [2.75, 3.05) is 18.5 Å². The third-order valence-corrected chi connectivity index (χ3v) is 3.23. The molecule has 2 rings (SSSR count). The molecule has 0 radical (unpaired) electrons. The Hall–Kier alpha value is -2.10. The Morgan fingerprint density at radius 3 is 2.48 bits per heavy atom. The SMILES string of the molecule is CCCNc1ncnc(-c2ccc(OCCC)cc2)c1C. The van der Waals surface area contributed by atoms with Crippen LogP contribution in [0.4, 0.5) is 5.82 Å². The summed E-state index contributed by atoms with van der Waals surface area (Å²) in [5.74, 6) is 1.81. The quantitative estimate of drug-likeness (QED) is 0.833. The van der Waals surface area contributed by atoms with Gasteiger partial charge in [0.05, 0.1) is 12.3 Å². The molecule has 1 aromatic carbocycles. The van der Waals surface area contributed by atoms with Gasteiger partial charge in [0.15, 0.2) is 0 Å². The van der Waals surface area contributed by atoms with Gasteiger partial charge in [-0.15, -0.1) is 0 Å². The van der Waals surface area contributed by atoms with Crippen LogP contribution in [-0.2, 0) is 0 Å². The molecule has 0 saturated heterocycles. The van der Waals surface area contributed by atoms with Gasteiger partial charge in [-0.2, -0.15) is 0 Å². The smallest absolute Gasteiger partial charge is 0.132 e. The summed E-state index contributed by atoms with van der Waals surface area (Å²) in [6, 6.07) is 8.07. The maximum Gasteiger partial charge on any atom is 0.132 e. The van der Waals surface area contributed by atoms with Crippen LogP contribution in [0.3, 0.4) is 0 Å². The van der Waals surface area contributed by atoms with Gasteiger partial charge in [0.1, 0.15) is 17.9 Å². The summed E-state index contributed by atoms with van der Waals surface area (Å²) < 4.78 is 5.61. The summed E-state index contributed by atoms with van der Waals surface area (Å²) in [5, 5.41) is 3.34. The van der Waals surface area contributed by atoms with Gasteiger partial charge in [-0.3, -0.25) is 0 Å². The number of hydrogen-bond donors (Lipinski definition) is 1. The van der Waals surface area contributed by atoms with Crippen LogP contribution in [0.2, 0.25) is 0 Å². The predicted molar refractivity (Wildman–Crippen MR) is 86.8 cm³/mol. The summed E-state index contributed by atoms with van der Waals surface area (Å²) >= 11 is 0. The Morgan fingerprint density at radius 1 is 1.05 bits per heavy atom. The molecule has 0 aliphatic heterocycles. The van der Waals surface area contributed by atoms with Crippen LogP contribution >= 0.6 is 0 Å². The summed E-state index contributed by atoms with van der Waals surface area (Å²) in [7, 11) is 0. The topological polar surface area (TPSA) is 47.0 Å². The minimum absolute atomic E-state index is 0.747. The van der Waals surface area contributed by atoms with E-state index in [-0.39, 0.29) is 0 Å². The highest BCUT2D eigenvalue weighted by Gasteiger charge is 2.08. The van der Waals surface area contributed by atoms with E-state index in [1.807, 2.05) is 24.3 Å². The normalized spacial score (nSPS) is 10.4. The van der Waals surface area contributed by atoms with Gasteiger partial charge >= 0.3 is 0 Å². The second-order valence-corrected chi connectivity index (χ2v) is 5.00. The fourth-order valence-electron chi connectivity index (χ4n) is 2.09. The van der Waals surface area contributed by atoms with Crippen molar-refractivity contribution in [2.45, 2.75) is 33.6 Å². The number of aromatic nitrogens is 2. The lowest BCUT2D eigenvalue weighted by molar-refractivity contribution is 0.317. The lowest BCUT2D eigenvalue weighted by Crippen LogP contribution is -2.05. The fourth-order valence-corrected chi connectivity index (χ4v) is 2.09. The van der Waals surface area contributed by atoms with Gasteiger partial charge in [0.25, 0.3) is 0 Å². The third kappa shape index (κ3) is 3.94. The van der Waals surface area contributed by atoms with Crippen molar-refractivity contribution < 1.29 is 4.74 Å². The lowest BCUT2D eigenvalue weighted by Gasteiger charge is -2.11. The number of nitrogens with zero attached hydrogens (tertiary/aromatic N) is 2. The summed E-state index contributed by atoms with van der Waals surface area (Å²) in [6.07, 6.45) is 3.70. The molecule has 0 aliphatic rings. The number of anilines is 1. The van der Waals surface area contributed by atoms with Crippen molar-refractivity contribution in [2.24, 2.45) is 0 Å². The molecule has 0 amide bonds. The Labute approximate surface area is 126 Å². The predicted octanol–water partition coefficient (Wildman–Crippen LogP) is 4.06. The summed E-state index contributed by atoms with van der Waals surface area (Å²) in [6.45, 7) is 7.95. The van der Waals surface area contributed by atoms with Gasteiger partial charge in [0.2, 0.25) is 0 Å². The van der Waals surface area contributed by atoms with Crippen molar-refractivity contribution in [1.29, 1.82) is 0 Å². The number of benzene rings is 1. The standard InChI is InChI=1S/C17H23N3O/c1-4-10-18-17-13(3)16(19-12-20-17)14-6-8-15(9-7-14)21-11-5-2/h6-9,12H,4-5,10-11H2,1-3H3,(H,18,19,20). The van der Waals surface area contributed by atoms with Crippen LogP contribution < -0.4 is 10.1 Å². The summed E-state index contributed by atoms with van der Waals surface area (Å²) in [5.41, 5.74) is 3.12. The number of rotatable bonds is 7. The van der Waals surface area contributed by atoms with Crippen molar-refractivity contribution in [3.8, 4) is 17.0 Å². The maximum atomic E-state index is 5.61. The molecule has 0 bridgehead atoms. The third-order valence-electron chi connectivity index (χ3n) is 3.23. The zero-order valence-electron chi connectivity index (χ0n) is 13.0. The Balaban J connectivity index is 2.21. The van der Waals surface area contributed by atoms with Gasteiger partial charge in [-0.1, -0.05) is 13.8 Å². The second-order valence-electron chi connectivity index (χ2n) is 5.00. The molecular weight excluding hydrogens is 262 g/mol. The fraction of sp³-hybridized carbons (Fsp3) is 0.412. The van der Waals surface area contributed by atoms with E-state index in [4.69, 9.17) is 4.74 Å². The molecule has 0 saturated carbocycles. The first-order valence-electron chi connectivity index (χ1n) is 7.55. The molecule has 1 aromatic heterocycles. The zero-order chi connectivity index (χ0) is 15.1. The number of hydrogen-bond acceptors (Lipinski definition) is 4. The Kier molecular flexibility index (Phi) is 5.55. The van der Waals surface area contributed by atoms with E-state index < -0.39 is 0 Å². The number of ether oxygens (including phenoxy) is 1. The van der Waals surface area contributed by atoms with Gasteiger partial charge in [-0.25, -0.2) is 9.97 Å². The summed E-state index contributed by atoms with van der Waals surface area (Å²) in [4.78, 5) is 8.73. The largest absolute Gasteiger partial charge is 0.494 e. The van der Waals surface area contributed by atoms with E-state index in [0.717, 1.165) is 54.4 Å². The molecule has 0 spiro atoms. The molecule has 0 atom stereocenters. The molecule has 0 fully saturated rings. The first-order valence-corrected chi connectivity index (χ1v) is 7.55. The van der Waals surface area contributed by atoms with Crippen LogP contribution in [0.5, 0.6) is 5.75 Å². The van der Waals surface area contributed by atoms with Gasteiger partial charge < -0.3 is 10.1 Å². The molecule has 1 N–H and O–H groups in total. The van der Waals surface area contributed by atoms with E-state index in [2.05, 4.69) is 36.1 Å². The Bertz CT molecular complexity index is 567. The van der Waals surface area contributed by atoms with Crippen LogP contribution in [-0.4, -0.2) is 23.1 Å². The minimum atomic E-state index is 0.747. The van der Waals surface area contributed by atoms with Gasteiger partial charge in [-0.05, 0) is 44.0 Å². The highest BCUT2D eigenvalue weighted by molar-refractivity contribution is 5.68. The average molecular weight is 285 g/mol. The monoisotopic (exact) mass is 285 g/mol. The number of nitrogens with one attached hydrogen (secondary N) is 1. The van der Waals surface area contributed by atoms with Crippen LogP contribution in [0.25, 0.3) is 11.3 Å². The van der Waals surface area contributed by atoms with Crippen molar-refractivity contribution in [3.05, 3.63) is 36.2 Å². The molecular formula is C17H23N3O. The maximum absolute atomic E-state index is 5.61. The average Bonchev–Trinajstić information content (AvgIpc) is 2.52. The first kappa shape index (κ1) is 15.3. The van der Waals surface area contributed by atoms with Gasteiger partial charge in [0, 0.05) is 17.7 Å². The Morgan fingerprint density at radius 2 is 1.81 bits per heavy atom. The molecule has 4 heteroatoms.